The molecule has 1 rings (SSSR count). The quantitative estimate of drug-likeness (QED) is 0.777. The molecule has 0 radical (unpaired) electrons. The number of nitrogens with zero attached hydrogens (tertiary/aromatic N) is 1. The third kappa shape index (κ3) is 3.38. The van der Waals surface area contributed by atoms with Crippen LogP contribution in [0.15, 0.2) is 0 Å². The second-order valence-corrected chi connectivity index (χ2v) is 5.80. The van der Waals surface area contributed by atoms with E-state index >= 15 is 0 Å². The maximum Gasteiger partial charge on any atom is 0.241 e. The van der Waals surface area contributed by atoms with Crippen LogP contribution in [0.2, 0.25) is 0 Å². The number of nitrogens with one attached hydrogen (secondary N) is 1. The Morgan fingerprint density at radius 1 is 1.53 bits per heavy atom. The van der Waals surface area contributed by atoms with Crippen molar-refractivity contribution in [3.05, 3.63) is 0 Å². The van der Waals surface area contributed by atoms with Gasteiger partial charge in [-0.25, -0.2) is 0 Å². The van der Waals surface area contributed by atoms with E-state index in [2.05, 4.69) is 32.3 Å². The van der Waals surface area contributed by atoms with Crippen LogP contribution < -0.4 is 5.32 Å². The van der Waals surface area contributed by atoms with Crippen LogP contribution in [0.5, 0.6) is 0 Å². The highest BCUT2D eigenvalue weighted by atomic mass is 32.2. The minimum absolute atomic E-state index is 0.0367. The summed E-state index contributed by atoms with van der Waals surface area (Å²) in [6.07, 6.45) is 3.20. The van der Waals surface area contributed by atoms with Gasteiger partial charge in [0.2, 0.25) is 5.91 Å². The van der Waals surface area contributed by atoms with Gasteiger partial charge in [-0.2, -0.15) is 11.8 Å². The van der Waals surface area contributed by atoms with Crippen molar-refractivity contribution in [1.82, 2.24) is 10.2 Å². The molecular weight excluding hydrogens is 208 g/mol. The molecule has 3 nitrogen and oxygen atoms in total. The van der Waals surface area contributed by atoms with E-state index in [1.54, 1.807) is 0 Å². The first kappa shape index (κ1) is 12.8. The molecule has 1 aliphatic rings. The lowest BCUT2D eigenvalue weighted by Gasteiger charge is -2.18. The molecule has 0 aromatic heterocycles. The highest BCUT2D eigenvalue weighted by Crippen LogP contribution is 2.15. The fraction of sp³-hybridized carbons (Fsp3) is 0.909. The van der Waals surface area contributed by atoms with Crippen LogP contribution in [0.25, 0.3) is 0 Å². The number of carbonyl (C=O) groups is 1. The smallest absolute Gasteiger partial charge is 0.241 e. The van der Waals surface area contributed by atoms with Crippen molar-refractivity contribution in [2.24, 2.45) is 5.92 Å². The van der Waals surface area contributed by atoms with Gasteiger partial charge in [-0.3, -0.25) is 10.1 Å². The summed E-state index contributed by atoms with van der Waals surface area (Å²) in [7, 11) is 0. The Morgan fingerprint density at radius 3 is 2.67 bits per heavy atom. The van der Waals surface area contributed by atoms with Gasteiger partial charge in [0.15, 0.2) is 0 Å². The summed E-state index contributed by atoms with van der Waals surface area (Å²) in [4.78, 5) is 13.8. The minimum atomic E-state index is 0.0367. The molecule has 0 saturated carbocycles. The molecule has 0 bridgehead atoms. The van der Waals surface area contributed by atoms with E-state index in [-0.39, 0.29) is 11.9 Å². The van der Waals surface area contributed by atoms with Gasteiger partial charge in [-0.1, -0.05) is 20.8 Å². The molecule has 1 N–H and O–H groups in total. The predicted molar refractivity (Wildman–Crippen MR) is 65.9 cm³/mol. The van der Waals surface area contributed by atoms with Gasteiger partial charge < -0.3 is 4.90 Å². The first-order valence-electron chi connectivity index (χ1n) is 5.61. The summed E-state index contributed by atoms with van der Waals surface area (Å²) >= 11 is 1.86. The molecule has 1 aliphatic heterocycles. The fourth-order valence-corrected chi connectivity index (χ4v) is 2.08. The Bertz CT molecular complexity index is 221. The van der Waals surface area contributed by atoms with Gasteiger partial charge in [0.05, 0.1) is 12.7 Å². The average Bonchev–Trinajstić information content (AvgIpc) is 2.56. The number of thioether (sulfide) groups is 1. The first-order valence-corrected chi connectivity index (χ1v) is 6.90. The molecule has 1 heterocycles. The molecule has 88 valence electrons. The van der Waals surface area contributed by atoms with E-state index in [4.69, 9.17) is 0 Å². The molecule has 1 saturated heterocycles. The van der Waals surface area contributed by atoms with Crippen LogP contribution in [0.1, 0.15) is 27.2 Å². The number of rotatable bonds is 5. The van der Waals surface area contributed by atoms with Crippen LogP contribution in [0.4, 0.5) is 0 Å². The van der Waals surface area contributed by atoms with E-state index in [1.165, 1.54) is 0 Å². The number of hydrogen-bond donors (Lipinski definition) is 1. The predicted octanol–water partition coefficient (Wildman–Crippen LogP) is 1.54. The molecule has 2 atom stereocenters. The minimum Gasteiger partial charge on any atom is -0.329 e. The summed E-state index contributed by atoms with van der Waals surface area (Å²) in [5, 5.41) is 3.90. The van der Waals surface area contributed by atoms with Crippen LogP contribution in [0, 0.1) is 5.92 Å². The molecule has 1 amide bonds. The summed E-state index contributed by atoms with van der Waals surface area (Å²) in [5.41, 5.74) is 0. The third-order valence-corrected chi connectivity index (χ3v) is 3.99. The monoisotopic (exact) mass is 230 g/mol. The summed E-state index contributed by atoms with van der Waals surface area (Å²) in [6.45, 7) is 7.99. The van der Waals surface area contributed by atoms with Crippen molar-refractivity contribution in [3.63, 3.8) is 0 Å². The summed E-state index contributed by atoms with van der Waals surface area (Å²) in [5.74, 6) is 0.666. The topological polar surface area (TPSA) is 32.3 Å². The molecule has 0 aromatic carbocycles. The molecule has 1 fully saturated rings. The highest BCUT2D eigenvalue weighted by molar-refractivity contribution is 7.99. The molecule has 4 heteroatoms. The lowest BCUT2D eigenvalue weighted by molar-refractivity contribution is -0.129. The van der Waals surface area contributed by atoms with Crippen LogP contribution in [0.3, 0.4) is 0 Å². The Hall–Kier alpha value is -0.220. The SMILES string of the molecule is CSC(C)CCN1CNC(C(C)C)C1=O. The molecule has 0 spiro atoms. The number of amides is 1. The number of carbonyl (C=O) groups excluding carboxylic acids is 1. The summed E-state index contributed by atoms with van der Waals surface area (Å²) in [6, 6.07) is 0.0367. The highest BCUT2D eigenvalue weighted by Gasteiger charge is 2.32. The molecule has 15 heavy (non-hydrogen) atoms. The first-order chi connectivity index (χ1) is 7.06. The van der Waals surface area contributed by atoms with E-state index in [0.717, 1.165) is 19.6 Å². The van der Waals surface area contributed by atoms with Crippen molar-refractivity contribution >= 4 is 17.7 Å². The second-order valence-electron chi connectivity index (χ2n) is 4.52. The summed E-state index contributed by atoms with van der Waals surface area (Å²) < 4.78 is 0. The average molecular weight is 230 g/mol. The molecule has 0 aliphatic carbocycles. The van der Waals surface area contributed by atoms with Gasteiger partial charge in [-0.05, 0) is 18.6 Å². The Labute approximate surface area is 97.0 Å². The zero-order valence-electron chi connectivity index (χ0n) is 10.1. The standard InChI is InChI=1S/C11H22N2OS/c1-8(2)10-11(14)13(7-12-10)6-5-9(3)15-4/h8-10,12H,5-7H2,1-4H3. The van der Waals surface area contributed by atoms with Gasteiger partial charge in [0.1, 0.15) is 0 Å². The molecule has 2 unspecified atom stereocenters. The third-order valence-electron chi connectivity index (χ3n) is 2.95. The van der Waals surface area contributed by atoms with E-state index in [9.17, 15) is 4.79 Å². The van der Waals surface area contributed by atoms with Crippen molar-refractivity contribution < 1.29 is 4.79 Å². The van der Waals surface area contributed by atoms with E-state index in [0.29, 0.717) is 11.2 Å². The lowest BCUT2D eigenvalue weighted by Crippen LogP contribution is -2.35. The van der Waals surface area contributed by atoms with Gasteiger partial charge in [0.25, 0.3) is 0 Å². The van der Waals surface area contributed by atoms with Gasteiger partial charge >= 0.3 is 0 Å². The second kappa shape index (κ2) is 5.75. The van der Waals surface area contributed by atoms with Gasteiger partial charge in [0, 0.05) is 11.8 Å². The van der Waals surface area contributed by atoms with Crippen LogP contribution in [-0.2, 0) is 4.79 Å². The normalized spacial score (nSPS) is 23.9. The lowest BCUT2D eigenvalue weighted by atomic mass is 10.1. The van der Waals surface area contributed by atoms with E-state index in [1.807, 2.05) is 16.7 Å². The van der Waals surface area contributed by atoms with Gasteiger partial charge in [-0.15, -0.1) is 0 Å². The van der Waals surface area contributed by atoms with Crippen LogP contribution in [-0.4, -0.2) is 41.6 Å². The van der Waals surface area contributed by atoms with Crippen molar-refractivity contribution in [3.8, 4) is 0 Å². The molecular formula is C11H22N2OS. The van der Waals surface area contributed by atoms with Crippen molar-refractivity contribution in [1.29, 1.82) is 0 Å². The number of hydrogen-bond acceptors (Lipinski definition) is 3. The van der Waals surface area contributed by atoms with Crippen molar-refractivity contribution in [2.45, 2.75) is 38.5 Å². The maximum atomic E-state index is 11.9. The van der Waals surface area contributed by atoms with E-state index < -0.39 is 0 Å². The Morgan fingerprint density at radius 2 is 2.20 bits per heavy atom. The maximum absolute atomic E-state index is 11.9. The zero-order chi connectivity index (χ0) is 11.4. The molecule has 0 aromatic rings. The fourth-order valence-electron chi connectivity index (χ4n) is 1.74. The van der Waals surface area contributed by atoms with Crippen LogP contribution >= 0.6 is 11.8 Å². The Balaban J connectivity index is 2.36. The van der Waals surface area contributed by atoms with Crippen molar-refractivity contribution in [2.75, 3.05) is 19.5 Å². The largest absolute Gasteiger partial charge is 0.329 e. The zero-order valence-corrected chi connectivity index (χ0v) is 10.9. The Kier molecular flexibility index (Phi) is 4.93.